The molecule has 1 unspecified atom stereocenters. The third kappa shape index (κ3) is 2.50. The summed E-state index contributed by atoms with van der Waals surface area (Å²) >= 11 is 0. The molecule has 1 aromatic carbocycles. The van der Waals surface area contributed by atoms with Crippen LogP contribution in [0.15, 0.2) is 18.2 Å². The minimum atomic E-state index is -0.280. The molecule has 92 valence electrons. The lowest BCUT2D eigenvalue weighted by atomic mass is 10.1. The highest BCUT2D eigenvalue weighted by atomic mass is 16.5. The van der Waals surface area contributed by atoms with E-state index in [0.717, 1.165) is 0 Å². The lowest BCUT2D eigenvalue weighted by Crippen LogP contribution is -2.44. The average Bonchev–Trinajstić information content (AvgIpc) is 2.32. The second-order valence-corrected chi connectivity index (χ2v) is 4.14. The Kier molecular flexibility index (Phi) is 3.19. The van der Waals surface area contributed by atoms with Crippen molar-refractivity contribution in [1.29, 1.82) is 0 Å². The maximum absolute atomic E-state index is 12.1. The minimum absolute atomic E-state index is 0.0263. The molecular formula is C12H15NO4. The van der Waals surface area contributed by atoms with Gasteiger partial charge in [0.25, 0.3) is 5.91 Å². The summed E-state index contributed by atoms with van der Waals surface area (Å²) in [6.07, 6.45) is 0.0263. The molecule has 0 saturated carbocycles. The van der Waals surface area contributed by atoms with E-state index in [9.17, 15) is 15.0 Å². The Morgan fingerprint density at radius 2 is 2.18 bits per heavy atom. The molecule has 0 radical (unpaired) electrons. The van der Waals surface area contributed by atoms with Crippen LogP contribution in [0.3, 0.4) is 0 Å². The van der Waals surface area contributed by atoms with E-state index < -0.39 is 0 Å². The van der Waals surface area contributed by atoms with Crippen LogP contribution in [0.5, 0.6) is 11.5 Å². The van der Waals surface area contributed by atoms with Crippen molar-refractivity contribution < 1.29 is 19.7 Å². The molecule has 0 spiro atoms. The fourth-order valence-corrected chi connectivity index (χ4v) is 1.84. The van der Waals surface area contributed by atoms with Gasteiger partial charge in [0.15, 0.2) is 11.5 Å². The number of hydrogen-bond acceptors (Lipinski definition) is 4. The van der Waals surface area contributed by atoms with Gasteiger partial charge in [-0.25, -0.2) is 0 Å². The Morgan fingerprint density at radius 3 is 2.82 bits per heavy atom. The summed E-state index contributed by atoms with van der Waals surface area (Å²) in [7, 11) is 0. The van der Waals surface area contributed by atoms with Crippen LogP contribution < -0.4 is 0 Å². The first-order valence-electron chi connectivity index (χ1n) is 5.51. The predicted octanol–water partition coefficient (Wildman–Crippen LogP) is 0.959. The SMILES string of the molecule is CC1CN(C(=O)c2ccc(O)c(O)c2)CCO1. The van der Waals surface area contributed by atoms with Gasteiger partial charge in [0.1, 0.15) is 0 Å². The van der Waals surface area contributed by atoms with E-state index in [1.807, 2.05) is 6.92 Å². The molecule has 1 saturated heterocycles. The van der Waals surface area contributed by atoms with Crippen molar-refractivity contribution in [1.82, 2.24) is 4.90 Å². The van der Waals surface area contributed by atoms with Crippen LogP contribution in [0.2, 0.25) is 0 Å². The topological polar surface area (TPSA) is 70.0 Å². The average molecular weight is 237 g/mol. The van der Waals surface area contributed by atoms with Crippen molar-refractivity contribution >= 4 is 5.91 Å². The minimum Gasteiger partial charge on any atom is -0.504 e. The summed E-state index contributed by atoms with van der Waals surface area (Å²) in [6.45, 7) is 3.52. The zero-order valence-electron chi connectivity index (χ0n) is 9.59. The zero-order chi connectivity index (χ0) is 12.4. The van der Waals surface area contributed by atoms with Gasteiger partial charge in [0.2, 0.25) is 0 Å². The lowest BCUT2D eigenvalue weighted by molar-refractivity contribution is -0.0124. The Bertz CT molecular complexity index is 433. The monoisotopic (exact) mass is 237 g/mol. The number of aromatic hydroxyl groups is 2. The normalized spacial score (nSPS) is 20.3. The predicted molar refractivity (Wildman–Crippen MR) is 61.1 cm³/mol. The van der Waals surface area contributed by atoms with E-state index in [1.54, 1.807) is 4.90 Å². The Balaban J connectivity index is 2.15. The van der Waals surface area contributed by atoms with Crippen molar-refractivity contribution in [2.24, 2.45) is 0 Å². The van der Waals surface area contributed by atoms with Crippen LogP contribution in [-0.4, -0.2) is 46.8 Å². The molecule has 1 aromatic rings. The zero-order valence-corrected chi connectivity index (χ0v) is 9.59. The van der Waals surface area contributed by atoms with Crippen molar-refractivity contribution in [3.8, 4) is 11.5 Å². The standard InChI is InChI=1S/C12H15NO4/c1-8-7-13(4-5-17-8)12(16)9-2-3-10(14)11(15)6-9/h2-3,6,8,14-15H,4-5,7H2,1H3. The van der Waals surface area contributed by atoms with Crippen LogP contribution in [-0.2, 0) is 4.74 Å². The van der Waals surface area contributed by atoms with Crippen molar-refractivity contribution in [3.05, 3.63) is 23.8 Å². The van der Waals surface area contributed by atoms with Crippen molar-refractivity contribution in [3.63, 3.8) is 0 Å². The molecule has 1 aliphatic rings. The number of hydrogen-bond donors (Lipinski definition) is 2. The van der Waals surface area contributed by atoms with Gasteiger partial charge in [0, 0.05) is 18.7 Å². The Morgan fingerprint density at radius 1 is 1.41 bits per heavy atom. The Hall–Kier alpha value is -1.75. The first-order valence-corrected chi connectivity index (χ1v) is 5.51. The fourth-order valence-electron chi connectivity index (χ4n) is 1.84. The molecule has 2 rings (SSSR count). The molecule has 2 N–H and O–H groups in total. The quantitative estimate of drug-likeness (QED) is 0.714. The van der Waals surface area contributed by atoms with Gasteiger partial charge in [-0.2, -0.15) is 0 Å². The van der Waals surface area contributed by atoms with E-state index in [4.69, 9.17) is 4.74 Å². The van der Waals surface area contributed by atoms with E-state index in [0.29, 0.717) is 25.3 Å². The third-order valence-corrected chi connectivity index (χ3v) is 2.75. The van der Waals surface area contributed by atoms with Gasteiger partial charge in [-0.05, 0) is 25.1 Å². The van der Waals surface area contributed by atoms with Crippen LogP contribution in [0.4, 0.5) is 0 Å². The largest absolute Gasteiger partial charge is 0.504 e. The van der Waals surface area contributed by atoms with Crippen LogP contribution in [0.1, 0.15) is 17.3 Å². The highest BCUT2D eigenvalue weighted by Gasteiger charge is 2.22. The maximum Gasteiger partial charge on any atom is 0.254 e. The van der Waals surface area contributed by atoms with Crippen molar-refractivity contribution in [2.75, 3.05) is 19.7 Å². The number of amides is 1. The van der Waals surface area contributed by atoms with Gasteiger partial charge >= 0.3 is 0 Å². The van der Waals surface area contributed by atoms with Gasteiger partial charge < -0.3 is 19.8 Å². The molecule has 1 atom stereocenters. The number of carbonyl (C=O) groups is 1. The van der Waals surface area contributed by atoms with E-state index >= 15 is 0 Å². The van der Waals surface area contributed by atoms with Crippen LogP contribution >= 0.6 is 0 Å². The molecule has 0 aliphatic carbocycles. The third-order valence-electron chi connectivity index (χ3n) is 2.75. The van der Waals surface area contributed by atoms with Gasteiger partial charge in [-0.15, -0.1) is 0 Å². The molecule has 1 amide bonds. The molecule has 1 aliphatic heterocycles. The van der Waals surface area contributed by atoms with Gasteiger partial charge in [-0.1, -0.05) is 0 Å². The van der Waals surface area contributed by atoms with Gasteiger partial charge in [-0.3, -0.25) is 4.79 Å². The number of phenolic OH excluding ortho intramolecular Hbond substituents is 2. The number of ether oxygens (including phenoxy) is 1. The number of carbonyl (C=O) groups excluding carboxylic acids is 1. The van der Waals surface area contributed by atoms with Crippen molar-refractivity contribution in [2.45, 2.75) is 13.0 Å². The maximum atomic E-state index is 12.1. The smallest absolute Gasteiger partial charge is 0.254 e. The van der Waals surface area contributed by atoms with Crippen LogP contribution in [0, 0.1) is 0 Å². The molecule has 1 heterocycles. The number of phenols is 2. The van der Waals surface area contributed by atoms with E-state index in [1.165, 1.54) is 18.2 Å². The molecule has 0 bridgehead atoms. The summed E-state index contributed by atoms with van der Waals surface area (Å²) in [5.74, 6) is -0.662. The molecule has 0 aromatic heterocycles. The van der Waals surface area contributed by atoms with E-state index in [2.05, 4.69) is 0 Å². The number of rotatable bonds is 1. The second-order valence-electron chi connectivity index (χ2n) is 4.14. The lowest BCUT2D eigenvalue weighted by Gasteiger charge is -2.31. The summed E-state index contributed by atoms with van der Waals surface area (Å²) in [5, 5.41) is 18.5. The molecule has 5 nitrogen and oxygen atoms in total. The highest BCUT2D eigenvalue weighted by Crippen LogP contribution is 2.25. The number of nitrogens with zero attached hydrogens (tertiary/aromatic N) is 1. The second kappa shape index (κ2) is 4.63. The highest BCUT2D eigenvalue weighted by molar-refractivity contribution is 5.95. The number of morpholine rings is 1. The Labute approximate surface area is 99.2 Å². The number of benzene rings is 1. The van der Waals surface area contributed by atoms with Crippen LogP contribution in [0.25, 0.3) is 0 Å². The molecule has 5 heteroatoms. The first kappa shape index (κ1) is 11.7. The van der Waals surface area contributed by atoms with E-state index in [-0.39, 0.29) is 23.5 Å². The summed E-state index contributed by atoms with van der Waals surface area (Å²) < 4.78 is 5.35. The molecule has 1 fully saturated rings. The van der Waals surface area contributed by atoms with Gasteiger partial charge in [0.05, 0.1) is 12.7 Å². The molecule has 17 heavy (non-hydrogen) atoms. The summed E-state index contributed by atoms with van der Waals surface area (Å²) in [6, 6.07) is 4.09. The fraction of sp³-hybridized carbons (Fsp3) is 0.417. The summed E-state index contributed by atoms with van der Waals surface area (Å²) in [5.41, 5.74) is 0.370. The first-order chi connectivity index (χ1) is 8.08. The molecular weight excluding hydrogens is 222 g/mol. The summed E-state index contributed by atoms with van der Waals surface area (Å²) in [4.78, 5) is 13.8.